The fraction of sp³-hybridized carbons (Fsp3) is 0.794. The van der Waals surface area contributed by atoms with E-state index in [1.807, 2.05) is 24.1 Å². The molecule has 0 aliphatic heterocycles. The van der Waals surface area contributed by atoms with Crippen molar-refractivity contribution in [3.05, 3.63) is 29.3 Å². The molecule has 1 amide bonds. The van der Waals surface area contributed by atoms with Crippen LogP contribution in [0.4, 0.5) is 0 Å². The molecule has 0 saturated heterocycles. The molecule has 0 heterocycles. The summed E-state index contributed by atoms with van der Waals surface area (Å²) in [6, 6.07) is 6.06. The second-order valence-corrected chi connectivity index (χ2v) is 13.3. The van der Waals surface area contributed by atoms with Gasteiger partial charge in [0.15, 0.2) is 0 Å². The van der Waals surface area contributed by atoms with Gasteiger partial charge in [0.1, 0.15) is 5.75 Å². The Bertz CT molecular complexity index is 900. The number of hydrogen-bond acceptors (Lipinski definition) is 3. The number of hydrogen-bond donors (Lipinski definition) is 2. The van der Waals surface area contributed by atoms with E-state index in [-0.39, 0.29) is 11.5 Å². The van der Waals surface area contributed by atoms with Crippen molar-refractivity contribution in [1.82, 2.24) is 4.90 Å². The van der Waals surface area contributed by atoms with E-state index in [4.69, 9.17) is 0 Å². The number of nitrogens with zero attached hydrogens (tertiary/aromatic N) is 1. The van der Waals surface area contributed by atoms with Crippen molar-refractivity contribution in [3.63, 3.8) is 0 Å². The number of rotatable bonds is 14. The lowest BCUT2D eigenvalue weighted by Crippen LogP contribution is -2.45. The van der Waals surface area contributed by atoms with Crippen molar-refractivity contribution in [2.24, 2.45) is 23.2 Å². The van der Waals surface area contributed by atoms with Crippen LogP contribution in [0.25, 0.3) is 0 Å². The minimum atomic E-state index is -0.141. The number of phenolic OH excluding ortho intramolecular Hbond substituents is 1. The van der Waals surface area contributed by atoms with Crippen molar-refractivity contribution < 1.29 is 15.0 Å². The Balaban J connectivity index is 1.15. The van der Waals surface area contributed by atoms with Crippen LogP contribution in [0, 0.1) is 23.2 Å². The standard InChI is InChI=1S/C34H55NO3/c1-4-5-22-35(3)32(38)15-13-11-9-7-6-8-10-12-14-26-24-31(37)34(2)21-20-29-28-19-17-27(36)23-25(28)16-18-30(29)33(26)34/h17,19,23,26,29-31,33,36-37H,4-16,18,20-22,24H2,1-3H3/t26-,29-,30-,31+,33+,34-/m1/s1. The molecule has 4 heteroatoms. The maximum absolute atomic E-state index is 12.1. The van der Waals surface area contributed by atoms with Crippen molar-refractivity contribution in [1.29, 1.82) is 0 Å². The molecule has 4 rings (SSSR count). The Kier molecular flexibility index (Phi) is 10.6. The smallest absolute Gasteiger partial charge is 0.222 e. The van der Waals surface area contributed by atoms with Crippen LogP contribution >= 0.6 is 0 Å². The number of aromatic hydroxyl groups is 1. The monoisotopic (exact) mass is 525 g/mol. The summed E-state index contributed by atoms with van der Waals surface area (Å²) < 4.78 is 0. The molecule has 2 saturated carbocycles. The molecule has 2 fully saturated rings. The topological polar surface area (TPSA) is 60.8 Å². The van der Waals surface area contributed by atoms with Crippen LogP contribution in [0.2, 0.25) is 0 Å². The third-order valence-electron chi connectivity index (χ3n) is 10.8. The number of amides is 1. The molecule has 0 aromatic heterocycles. The lowest BCUT2D eigenvalue weighted by Gasteiger charge is -2.51. The van der Waals surface area contributed by atoms with Gasteiger partial charge in [-0.1, -0.05) is 77.7 Å². The molecule has 38 heavy (non-hydrogen) atoms. The Morgan fingerprint density at radius 1 is 1.03 bits per heavy atom. The maximum Gasteiger partial charge on any atom is 0.222 e. The maximum atomic E-state index is 12.1. The summed E-state index contributed by atoms with van der Waals surface area (Å²) in [5.41, 5.74) is 2.93. The van der Waals surface area contributed by atoms with Gasteiger partial charge in [-0.3, -0.25) is 4.79 Å². The van der Waals surface area contributed by atoms with Crippen LogP contribution in [0.3, 0.4) is 0 Å². The second kappa shape index (κ2) is 13.7. The van der Waals surface area contributed by atoms with Crippen LogP contribution in [0.1, 0.15) is 134 Å². The molecule has 2 N–H and O–H groups in total. The number of fused-ring (bicyclic) bond motifs is 5. The molecule has 0 radical (unpaired) electrons. The summed E-state index contributed by atoms with van der Waals surface area (Å²) in [6.07, 6.45) is 19.7. The highest BCUT2D eigenvalue weighted by molar-refractivity contribution is 5.75. The molecular weight excluding hydrogens is 470 g/mol. The number of aryl methyl sites for hydroxylation is 1. The lowest BCUT2D eigenvalue weighted by atomic mass is 9.53. The van der Waals surface area contributed by atoms with Gasteiger partial charge in [0.25, 0.3) is 0 Å². The molecule has 3 aliphatic carbocycles. The molecular formula is C34H55NO3. The third kappa shape index (κ3) is 6.77. The van der Waals surface area contributed by atoms with Gasteiger partial charge >= 0.3 is 0 Å². The fourth-order valence-corrected chi connectivity index (χ4v) is 8.58. The number of phenols is 1. The molecule has 3 aliphatic rings. The first kappa shape index (κ1) is 29.4. The van der Waals surface area contributed by atoms with Gasteiger partial charge in [0.05, 0.1) is 6.10 Å². The van der Waals surface area contributed by atoms with Gasteiger partial charge in [0.2, 0.25) is 5.91 Å². The Labute approximate surface area is 232 Å². The van der Waals surface area contributed by atoms with E-state index in [1.165, 1.54) is 75.3 Å². The summed E-state index contributed by atoms with van der Waals surface area (Å²) in [7, 11) is 1.94. The minimum Gasteiger partial charge on any atom is -0.508 e. The van der Waals surface area contributed by atoms with E-state index in [0.717, 1.165) is 45.1 Å². The molecule has 6 atom stereocenters. The zero-order chi connectivity index (χ0) is 27.1. The van der Waals surface area contributed by atoms with Gasteiger partial charge in [0, 0.05) is 20.0 Å². The molecule has 0 unspecified atom stereocenters. The van der Waals surface area contributed by atoms with Crippen LogP contribution in [0.5, 0.6) is 5.75 Å². The summed E-state index contributed by atoms with van der Waals surface area (Å²) in [5.74, 6) is 3.31. The van der Waals surface area contributed by atoms with E-state index in [0.29, 0.717) is 41.7 Å². The second-order valence-electron chi connectivity index (χ2n) is 13.3. The van der Waals surface area contributed by atoms with Gasteiger partial charge in [-0.2, -0.15) is 0 Å². The van der Waals surface area contributed by atoms with Gasteiger partial charge in [-0.15, -0.1) is 0 Å². The quantitative estimate of drug-likeness (QED) is 0.242. The molecule has 1 aromatic carbocycles. The first-order valence-corrected chi connectivity index (χ1v) is 16.1. The number of carbonyl (C=O) groups is 1. The van der Waals surface area contributed by atoms with Crippen molar-refractivity contribution in [2.45, 2.75) is 135 Å². The Morgan fingerprint density at radius 3 is 2.47 bits per heavy atom. The third-order valence-corrected chi connectivity index (χ3v) is 10.8. The minimum absolute atomic E-state index is 0.0897. The average molecular weight is 526 g/mol. The fourth-order valence-electron chi connectivity index (χ4n) is 8.58. The van der Waals surface area contributed by atoms with E-state index >= 15 is 0 Å². The molecule has 0 spiro atoms. The van der Waals surface area contributed by atoms with Crippen molar-refractivity contribution >= 4 is 5.91 Å². The number of aliphatic hydroxyl groups is 1. The molecule has 4 nitrogen and oxygen atoms in total. The van der Waals surface area contributed by atoms with E-state index in [9.17, 15) is 15.0 Å². The summed E-state index contributed by atoms with van der Waals surface area (Å²) in [6.45, 7) is 5.46. The van der Waals surface area contributed by atoms with E-state index in [1.54, 1.807) is 0 Å². The zero-order valence-corrected chi connectivity index (χ0v) is 24.6. The van der Waals surface area contributed by atoms with Crippen LogP contribution in [-0.4, -0.2) is 40.7 Å². The Hall–Kier alpha value is -1.55. The van der Waals surface area contributed by atoms with Gasteiger partial charge in [-0.05, 0) is 97.3 Å². The Morgan fingerprint density at radius 2 is 1.74 bits per heavy atom. The summed E-state index contributed by atoms with van der Waals surface area (Å²) in [5, 5.41) is 21.1. The summed E-state index contributed by atoms with van der Waals surface area (Å²) >= 11 is 0. The first-order chi connectivity index (χ1) is 18.3. The molecule has 1 aromatic rings. The first-order valence-electron chi connectivity index (χ1n) is 16.1. The van der Waals surface area contributed by atoms with Gasteiger partial charge in [-0.25, -0.2) is 0 Å². The highest BCUT2D eigenvalue weighted by Crippen LogP contribution is 2.63. The normalized spacial score (nSPS) is 29.9. The number of carbonyl (C=O) groups excluding carboxylic acids is 1. The summed E-state index contributed by atoms with van der Waals surface area (Å²) in [4.78, 5) is 14.0. The molecule has 214 valence electrons. The SMILES string of the molecule is CCCCN(C)C(=O)CCCCCCCCCC[C@@H]1C[C@H](O)[C@@]2(C)CC[C@@H]3c4ccc(O)cc4CC[C@H]3[C@H]12. The number of aliphatic hydroxyl groups excluding tert-OH is 1. The molecule has 0 bridgehead atoms. The highest BCUT2D eigenvalue weighted by Gasteiger charge is 2.58. The van der Waals surface area contributed by atoms with Crippen LogP contribution < -0.4 is 0 Å². The highest BCUT2D eigenvalue weighted by atomic mass is 16.3. The number of benzene rings is 1. The largest absolute Gasteiger partial charge is 0.508 e. The predicted molar refractivity (Wildman–Crippen MR) is 156 cm³/mol. The van der Waals surface area contributed by atoms with Crippen molar-refractivity contribution in [3.8, 4) is 5.75 Å². The van der Waals surface area contributed by atoms with Crippen LogP contribution in [0.15, 0.2) is 18.2 Å². The van der Waals surface area contributed by atoms with Crippen molar-refractivity contribution in [2.75, 3.05) is 13.6 Å². The van der Waals surface area contributed by atoms with E-state index in [2.05, 4.69) is 19.9 Å². The number of unbranched alkanes of at least 4 members (excludes halogenated alkanes) is 8. The predicted octanol–water partition coefficient (Wildman–Crippen LogP) is 7.99. The van der Waals surface area contributed by atoms with Gasteiger partial charge < -0.3 is 15.1 Å². The van der Waals surface area contributed by atoms with Crippen LogP contribution in [-0.2, 0) is 11.2 Å². The van der Waals surface area contributed by atoms with E-state index < -0.39 is 0 Å². The lowest BCUT2D eigenvalue weighted by molar-refractivity contribution is -0.130. The average Bonchev–Trinajstić information content (AvgIpc) is 3.17. The zero-order valence-electron chi connectivity index (χ0n) is 24.6.